The summed E-state index contributed by atoms with van der Waals surface area (Å²) in [5.41, 5.74) is 0. The van der Waals surface area contributed by atoms with Gasteiger partial charge in [-0.3, -0.25) is 4.79 Å². The number of furan rings is 1. The van der Waals surface area contributed by atoms with E-state index in [1.54, 1.807) is 0 Å². The molecule has 21 heavy (non-hydrogen) atoms. The van der Waals surface area contributed by atoms with Crippen LogP contribution < -0.4 is 5.32 Å². The van der Waals surface area contributed by atoms with Crippen LogP contribution in [0.5, 0.6) is 0 Å². The molecular weight excluding hydrogens is 274 g/mol. The summed E-state index contributed by atoms with van der Waals surface area (Å²) < 4.78 is 10.5. The largest absolute Gasteiger partial charge is 0.480 e. The lowest BCUT2D eigenvalue weighted by Gasteiger charge is -2.04. The summed E-state index contributed by atoms with van der Waals surface area (Å²) >= 11 is 0. The van der Waals surface area contributed by atoms with Crippen molar-refractivity contribution < 1.29 is 23.8 Å². The Morgan fingerprint density at radius 2 is 2.24 bits per heavy atom. The van der Waals surface area contributed by atoms with Crippen LogP contribution in [0.2, 0.25) is 0 Å². The minimum absolute atomic E-state index is 0.0911. The predicted molar refractivity (Wildman–Crippen MR) is 75.0 cm³/mol. The number of ether oxygens (including phenoxy) is 1. The van der Waals surface area contributed by atoms with Crippen molar-refractivity contribution in [3.8, 4) is 0 Å². The lowest BCUT2D eigenvalue weighted by atomic mass is 10.2. The summed E-state index contributed by atoms with van der Waals surface area (Å²) in [6.07, 6.45) is 2.11. The van der Waals surface area contributed by atoms with Gasteiger partial charge in [-0.25, -0.2) is 4.79 Å². The van der Waals surface area contributed by atoms with Crippen molar-refractivity contribution >= 4 is 11.9 Å². The number of nitrogens with one attached hydrogen (secondary N) is 1. The maximum absolute atomic E-state index is 11.6. The molecule has 0 spiro atoms. The van der Waals surface area contributed by atoms with Crippen LogP contribution in [0.25, 0.3) is 0 Å². The second-order valence-electron chi connectivity index (χ2n) is 5.42. The van der Waals surface area contributed by atoms with Crippen molar-refractivity contribution in [3.05, 3.63) is 23.7 Å². The number of carbonyl (C=O) groups is 2. The first-order valence-corrected chi connectivity index (χ1v) is 7.21. The molecule has 2 N–H and O–H groups in total. The van der Waals surface area contributed by atoms with Gasteiger partial charge in [0.25, 0.3) is 0 Å². The Balaban J connectivity index is 1.58. The third-order valence-electron chi connectivity index (χ3n) is 3.55. The Bertz CT molecular complexity index is 496. The zero-order valence-corrected chi connectivity index (χ0v) is 12.1. The SMILES string of the molecule is CC1CC1c1ccc(CCC(=O)NCCOCC(=O)O)o1. The normalized spacial score (nSPS) is 20.2. The highest BCUT2D eigenvalue weighted by Crippen LogP contribution is 2.47. The highest BCUT2D eigenvalue weighted by Gasteiger charge is 2.36. The Morgan fingerprint density at radius 1 is 1.48 bits per heavy atom. The fraction of sp³-hybridized carbons (Fsp3) is 0.600. The van der Waals surface area contributed by atoms with Gasteiger partial charge in [0.1, 0.15) is 18.1 Å². The summed E-state index contributed by atoms with van der Waals surface area (Å²) in [6.45, 7) is 2.37. The molecule has 1 aliphatic rings. The van der Waals surface area contributed by atoms with Crippen LogP contribution >= 0.6 is 0 Å². The summed E-state index contributed by atoms with van der Waals surface area (Å²) in [7, 11) is 0. The number of hydrogen-bond acceptors (Lipinski definition) is 4. The van der Waals surface area contributed by atoms with Crippen LogP contribution in [0, 0.1) is 5.92 Å². The van der Waals surface area contributed by atoms with Crippen LogP contribution in [-0.2, 0) is 20.7 Å². The summed E-state index contributed by atoms with van der Waals surface area (Å²) in [4.78, 5) is 21.8. The van der Waals surface area contributed by atoms with Crippen LogP contribution in [0.15, 0.2) is 16.5 Å². The highest BCUT2D eigenvalue weighted by molar-refractivity contribution is 5.76. The Labute approximate surface area is 123 Å². The lowest BCUT2D eigenvalue weighted by Crippen LogP contribution is -2.28. The first-order valence-electron chi connectivity index (χ1n) is 7.21. The average molecular weight is 295 g/mol. The van der Waals surface area contributed by atoms with E-state index in [4.69, 9.17) is 14.3 Å². The minimum Gasteiger partial charge on any atom is -0.480 e. The first-order chi connectivity index (χ1) is 10.1. The molecule has 0 radical (unpaired) electrons. The zero-order chi connectivity index (χ0) is 15.2. The van der Waals surface area contributed by atoms with Crippen LogP contribution in [0.4, 0.5) is 0 Å². The molecule has 2 unspecified atom stereocenters. The highest BCUT2D eigenvalue weighted by atomic mass is 16.5. The molecule has 1 fully saturated rings. The van der Waals surface area contributed by atoms with Gasteiger partial charge in [-0.2, -0.15) is 0 Å². The summed E-state index contributed by atoms with van der Waals surface area (Å²) in [6, 6.07) is 3.94. The molecule has 1 heterocycles. The van der Waals surface area contributed by atoms with Gasteiger partial charge in [0.2, 0.25) is 5.91 Å². The molecular formula is C15H21NO5. The molecule has 116 valence electrons. The molecule has 1 amide bonds. The quantitative estimate of drug-likeness (QED) is 0.675. The molecule has 1 aromatic heterocycles. The van der Waals surface area contributed by atoms with Crippen LogP contribution in [0.3, 0.4) is 0 Å². The van der Waals surface area contributed by atoms with Crippen molar-refractivity contribution in [3.63, 3.8) is 0 Å². The fourth-order valence-electron chi connectivity index (χ4n) is 2.19. The van der Waals surface area contributed by atoms with Gasteiger partial charge in [-0.05, 0) is 24.5 Å². The van der Waals surface area contributed by atoms with E-state index >= 15 is 0 Å². The topological polar surface area (TPSA) is 88.8 Å². The van der Waals surface area contributed by atoms with E-state index in [-0.39, 0.29) is 19.1 Å². The maximum atomic E-state index is 11.6. The fourth-order valence-corrected chi connectivity index (χ4v) is 2.19. The van der Waals surface area contributed by atoms with Crippen LogP contribution in [0.1, 0.15) is 37.2 Å². The van der Waals surface area contributed by atoms with Gasteiger partial charge in [-0.15, -0.1) is 0 Å². The molecule has 2 rings (SSSR count). The minimum atomic E-state index is -1.01. The van der Waals surface area contributed by atoms with Crippen molar-refractivity contribution in [1.82, 2.24) is 5.32 Å². The Morgan fingerprint density at radius 3 is 2.90 bits per heavy atom. The smallest absolute Gasteiger partial charge is 0.329 e. The summed E-state index contributed by atoms with van der Waals surface area (Å²) in [5, 5.41) is 11.0. The second kappa shape index (κ2) is 7.26. The van der Waals surface area contributed by atoms with E-state index in [9.17, 15) is 9.59 Å². The molecule has 1 aliphatic carbocycles. The van der Waals surface area contributed by atoms with Crippen molar-refractivity contribution in [2.75, 3.05) is 19.8 Å². The third-order valence-corrected chi connectivity index (χ3v) is 3.55. The maximum Gasteiger partial charge on any atom is 0.329 e. The Kier molecular flexibility index (Phi) is 5.38. The molecule has 6 heteroatoms. The zero-order valence-electron chi connectivity index (χ0n) is 12.1. The monoisotopic (exact) mass is 295 g/mol. The molecule has 0 bridgehead atoms. The third kappa shape index (κ3) is 5.23. The lowest BCUT2D eigenvalue weighted by molar-refractivity contribution is -0.142. The molecule has 1 saturated carbocycles. The van der Waals surface area contributed by atoms with Crippen molar-refractivity contribution in [2.24, 2.45) is 5.92 Å². The average Bonchev–Trinajstić information content (AvgIpc) is 2.99. The predicted octanol–water partition coefficient (Wildman–Crippen LogP) is 1.55. The van der Waals surface area contributed by atoms with E-state index < -0.39 is 5.97 Å². The number of aliphatic carboxylic acids is 1. The number of rotatable bonds is 9. The van der Waals surface area contributed by atoms with Gasteiger partial charge in [0.05, 0.1) is 6.61 Å². The van der Waals surface area contributed by atoms with Gasteiger partial charge >= 0.3 is 5.97 Å². The van der Waals surface area contributed by atoms with Crippen molar-refractivity contribution in [1.29, 1.82) is 0 Å². The van der Waals surface area contributed by atoms with Gasteiger partial charge in [-0.1, -0.05) is 6.92 Å². The van der Waals surface area contributed by atoms with E-state index in [0.29, 0.717) is 31.2 Å². The van der Waals surface area contributed by atoms with Gasteiger partial charge in [0.15, 0.2) is 0 Å². The second-order valence-corrected chi connectivity index (χ2v) is 5.42. The molecule has 0 aliphatic heterocycles. The number of amides is 1. The van der Waals surface area contributed by atoms with E-state index in [2.05, 4.69) is 12.2 Å². The molecule has 2 atom stereocenters. The molecule has 0 aromatic carbocycles. The summed E-state index contributed by atoms with van der Waals surface area (Å²) in [5.74, 6) is 2.02. The molecule has 0 saturated heterocycles. The van der Waals surface area contributed by atoms with Crippen LogP contribution in [-0.4, -0.2) is 36.7 Å². The number of carboxylic acids is 1. The van der Waals surface area contributed by atoms with E-state index in [1.807, 2.05) is 12.1 Å². The first kappa shape index (κ1) is 15.6. The number of carbonyl (C=O) groups excluding carboxylic acids is 1. The Hall–Kier alpha value is -1.82. The molecule has 6 nitrogen and oxygen atoms in total. The number of aryl methyl sites for hydroxylation is 1. The number of hydrogen-bond donors (Lipinski definition) is 2. The number of carboxylic acid groups (broad SMARTS) is 1. The standard InChI is InChI=1S/C15H21NO5/c1-10-8-12(10)13-4-2-11(21-13)3-5-14(17)16-6-7-20-9-15(18)19/h2,4,10,12H,3,5-9H2,1H3,(H,16,17)(H,18,19). The van der Waals surface area contributed by atoms with E-state index in [0.717, 1.165) is 11.5 Å². The van der Waals surface area contributed by atoms with Gasteiger partial charge in [0, 0.05) is 25.3 Å². The van der Waals surface area contributed by atoms with E-state index in [1.165, 1.54) is 6.42 Å². The molecule has 1 aromatic rings. The van der Waals surface area contributed by atoms with Gasteiger partial charge < -0.3 is 19.6 Å². The van der Waals surface area contributed by atoms with Crippen molar-refractivity contribution in [2.45, 2.75) is 32.1 Å².